The van der Waals surface area contributed by atoms with Crippen molar-refractivity contribution in [3.05, 3.63) is 28.7 Å². The predicted octanol–water partition coefficient (Wildman–Crippen LogP) is 3.33. The number of amides is 1. The molecule has 118 valence electrons. The van der Waals surface area contributed by atoms with Gasteiger partial charge in [0, 0.05) is 16.0 Å². The summed E-state index contributed by atoms with van der Waals surface area (Å²) in [7, 11) is 0. The summed E-state index contributed by atoms with van der Waals surface area (Å²) in [5, 5.41) is 15.7. The monoisotopic (exact) mass is 402 g/mol. The summed E-state index contributed by atoms with van der Waals surface area (Å²) in [4.78, 5) is 12.2. The van der Waals surface area contributed by atoms with Gasteiger partial charge in [0.05, 0.1) is 0 Å². The fourth-order valence-electron chi connectivity index (χ4n) is 2.30. The Morgan fingerprint density at radius 3 is 2.82 bits per heavy atom. The highest BCUT2D eigenvalue weighted by atomic mass is 79.9. The van der Waals surface area contributed by atoms with E-state index in [9.17, 15) is 4.79 Å². The molecular weight excluding hydrogens is 388 g/mol. The molecule has 1 aliphatic rings. The van der Waals surface area contributed by atoms with Gasteiger partial charge in [-0.15, -0.1) is 22.6 Å². The first-order valence-corrected chi connectivity index (χ1v) is 8.44. The Bertz CT molecular complexity index is 645. The molecule has 1 aliphatic heterocycles. The van der Waals surface area contributed by atoms with Gasteiger partial charge in [-0.2, -0.15) is 0 Å². The van der Waals surface area contributed by atoms with E-state index in [4.69, 9.17) is 0 Å². The highest BCUT2D eigenvalue weighted by Gasteiger charge is 2.22. The Kier molecular flexibility index (Phi) is 6.31. The third kappa shape index (κ3) is 4.25. The molecule has 0 aliphatic carbocycles. The lowest BCUT2D eigenvalue weighted by Gasteiger charge is -2.20. The highest BCUT2D eigenvalue weighted by Crippen LogP contribution is 2.28. The molecule has 1 aromatic heterocycles. The van der Waals surface area contributed by atoms with Crippen LogP contribution < -0.4 is 10.6 Å². The molecule has 1 fully saturated rings. The second-order valence-corrected chi connectivity index (χ2v) is 6.83. The first kappa shape index (κ1) is 17.3. The van der Waals surface area contributed by atoms with Crippen LogP contribution in [0, 0.1) is 5.92 Å². The number of hydrogen-bond donors (Lipinski definition) is 2. The van der Waals surface area contributed by atoms with Crippen LogP contribution in [0.25, 0.3) is 10.6 Å². The van der Waals surface area contributed by atoms with Gasteiger partial charge < -0.3 is 10.6 Å². The maximum absolute atomic E-state index is 12.2. The number of nitrogens with one attached hydrogen (secondary N) is 2. The second kappa shape index (κ2) is 8.01. The summed E-state index contributed by atoms with van der Waals surface area (Å²) < 4.78 is 0.996. The van der Waals surface area contributed by atoms with Crippen molar-refractivity contribution >= 4 is 50.7 Å². The van der Waals surface area contributed by atoms with Crippen LogP contribution in [-0.2, 0) is 4.79 Å². The van der Waals surface area contributed by atoms with Gasteiger partial charge in [0.2, 0.25) is 11.0 Å². The SMILES string of the molecule is Cl.O=C(Nc1nnc(-c2cccc(Br)c2)s1)C1CCNCC1. The first-order valence-electron chi connectivity index (χ1n) is 6.83. The van der Waals surface area contributed by atoms with Crippen molar-refractivity contribution in [3.63, 3.8) is 0 Å². The number of rotatable bonds is 3. The zero-order valence-corrected chi connectivity index (χ0v) is 14.9. The number of aromatic nitrogens is 2. The fraction of sp³-hybridized carbons (Fsp3) is 0.357. The van der Waals surface area contributed by atoms with Crippen molar-refractivity contribution in [2.24, 2.45) is 5.92 Å². The van der Waals surface area contributed by atoms with Gasteiger partial charge in [-0.25, -0.2) is 0 Å². The molecule has 1 amide bonds. The molecule has 5 nitrogen and oxygen atoms in total. The topological polar surface area (TPSA) is 66.9 Å². The molecule has 0 unspecified atom stereocenters. The molecule has 2 N–H and O–H groups in total. The number of benzene rings is 1. The molecule has 0 spiro atoms. The van der Waals surface area contributed by atoms with E-state index in [0.717, 1.165) is 41.0 Å². The standard InChI is InChI=1S/C14H15BrN4OS.ClH/c15-11-3-1-2-10(8-11)13-18-19-14(21-13)17-12(20)9-4-6-16-7-5-9;/h1-3,8-9,16H,4-7H2,(H,17,19,20);1H. The highest BCUT2D eigenvalue weighted by molar-refractivity contribution is 9.10. The van der Waals surface area contributed by atoms with E-state index in [1.54, 1.807) is 0 Å². The van der Waals surface area contributed by atoms with E-state index in [1.807, 2.05) is 24.3 Å². The van der Waals surface area contributed by atoms with Crippen molar-refractivity contribution < 1.29 is 4.79 Å². The molecule has 1 aromatic carbocycles. The number of nitrogens with zero attached hydrogens (tertiary/aromatic N) is 2. The lowest BCUT2D eigenvalue weighted by Crippen LogP contribution is -2.34. The smallest absolute Gasteiger partial charge is 0.229 e. The minimum Gasteiger partial charge on any atom is -0.317 e. The van der Waals surface area contributed by atoms with E-state index < -0.39 is 0 Å². The van der Waals surface area contributed by atoms with Crippen LogP contribution in [0.1, 0.15) is 12.8 Å². The summed E-state index contributed by atoms with van der Waals surface area (Å²) in [6.45, 7) is 1.80. The Balaban J connectivity index is 0.00000176. The molecule has 2 aromatic rings. The average molecular weight is 404 g/mol. The van der Waals surface area contributed by atoms with Gasteiger partial charge in [-0.3, -0.25) is 4.79 Å². The van der Waals surface area contributed by atoms with E-state index in [2.05, 4.69) is 36.8 Å². The van der Waals surface area contributed by atoms with Crippen molar-refractivity contribution in [1.82, 2.24) is 15.5 Å². The van der Waals surface area contributed by atoms with Crippen LogP contribution in [0.4, 0.5) is 5.13 Å². The molecule has 22 heavy (non-hydrogen) atoms. The van der Waals surface area contributed by atoms with Gasteiger partial charge in [0.25, 0.3) is 0 Å². The molecule has 0 saturated carbocycles. The van der Waals surface area contributed by atoms with Crippen LogP contribution in [0.3, 0.4) is 0 Å². The minimum atomic E-state index is 0. The predicted molar refractivity (Wildman–Crippen MR) is 94.5 cm³/mol. The molecule has 3 rings (SSSR count). The Labute approximate surface area is 147 Å². The molecular formula is C14H16BrClN4OS. The normalized spacial score (nSPS) is 15.1. The van der Waals surface area contributed by atoms with E-state index in [0.29, 0.717) is 5.13 Å². The largest absolute Gasteiger partial charge is 0.317 e. The Morgan fingerprint density at radius 2 is 2.09 bits per heavy atom. The molecule has 2 heterocycles. The van der Waals surface area contributed by atoms with Gasteiger partial charge in [-0.1, -0.05) is 39.4 Å². The van der Waals surface area contributed by atoms with Gasteiger partial charge in [-0.05, 0) is 38.1 Å². The minimum absolute atomic E-state index is 0. The molecule has 0 atom stereocenters. The number of piperidine rings is 1. The third-order valence-corrected chi connectivity index (χ3v) is 4.82. The maximum atomic E-state index is 12.2. The van der Waals surface area contributed by atoms with E-state index in [1.165, 1.54) is 11.3 Å². The zero-order chi connectivity index (χ0) is 14.7. The van der Waals surface area contributed by atoms with Crippen LogP contribution in [0.5, 0.6) is 0 Å². The molecule has 0 bridgehead atoms. The fourth-order valence-corrected chi connectivity index (χ4v) is 3.45. The van der Waals surface area contributed by atoms with Crippen molar-refractivity contribution in [2.75, 3.05) is 18.4 Å². The summed E-state index contributed by atoms with van der Waals surface area (Å²) in [5.41, 5.74) is 0.990. The number of carbonyl (C=O) groups is 1. The van der Waals surface area contributed by atoms with E-state index >= 15 is 0 Å². The maximum Gasteiger partial charge on any atom is 0.229 e. The third-order valence-electron chi connectivity index (χ3n) is 3.44. The zero-order valence-electron chi connectivity index (χ0n) is 11.7. The summed E-state index contributed by atoms with van der Waals surface area (Å²) >= 11 is 4.84. The average Bonchev–Trinajstić information content (AvgIpc) is 2.97. The molecule has 1 saturated heterocycles. The molecule has 8 heteroatoms. The van der Waals surface area contributed by atoms with Gasteiger partial charge >= 0.3 is 0 Å². The van der Waals surface area contributed by atoms with Crippen LogP contribution in [0.15, 0.2) is 28.7 Å². The van der Waals surface area contributed by atoms with Crippen molar-refractivity contribution in [3.8, 4) is 10.6 Å². The number of carbonyl (C=O) groups excluding carboxylic acids is 1. The van der Waals surface area contributed by atoms with Crippen molar-refractivity contribution in [1.29, 1.82) is 0 Å². The van der Waals surface area contributed by atoms with Crippen LogP contribution in [-0.4, -0.2) is 29.2 Å². The van der Waals surface area contributed by atoms with Crippen LogP contribution in [0.2, 0.25) is 0 Å². The van der Waals surface area contributed by atoms with Crippen molar-refractivity contribution in [2.45, 2.75) is 12.8 Å². The number of anilines is 1. The lowest BCUT2D eigenvalue weighted by atomic mass is 9.97. The Hall–Kier alpha value is -1.02. The summed E-state index contributed by atoms with van der Waals surface area (Å²) in [6.07, 6.45) is 1.76. The van der Waals surface area contributed by atoms with E-state index in [-0.39, 0.29) is 24.2 Å². The molecule has 0 radical (unpaired) electrons. The lowest BCUT2D eigenvalue weighted by molar-refractivity contribution is -0.120. The summed E-state index contributed by atoms with van der Waals surface area (Å²) in [6, 6.07) is 7.88. The Morgan fingerprint density at radius 1 is 1.32 bits per heavy atom. The second-order valence-electron chi connectivity index (χ2n) is 4.94. The van der Waals surface area contributed by atoms with Crippen LogP contribution >= 0.6 is 39.7 Å². The summed E-state index contributed by atoms with van der Waals surface area (Å²) in [5.74, 6) is 0.123. The van der Waals surface area contributed by atoms with Gasteiger partial charge in [0.15, 0.2) is 0 Å². The number of halogens is 2. The quantitative estimate of drug-likeness (QED) is 0.825. The first-order chi connectivity index (χ1) is 10.2. The number of hydrogen-bond acceptors (Lipinski definition) is 5. The van der Waals surface area contributed by atoms with Gasteiger partial charge in [0.1, 0.15) is 5.01 Å².